The predicted octanol–water partition coefficient (Wildman–Crippen LogP) is 3.64. The minimum Gasteiger partial charge on any atom is -0.358 e. The van der Waals surface area contributed by atoms with Gasteiger partial charge in [0.05, 0.1) is 5.69 Å². The largest absolute Gasteiger partial charge is 0.406 e. The molecule has 0 spiro atoms. The van der Waals surface area contributed by atoms with Gasteiger partial charge in [-0.3, -0.25) is 9.55 Å². The van der Waals surface area contributed by atoms with E-state index in [1.165, 1.54) is 6.33 Å². The monoisotopic (exact) mass is 321 g/mol. The summed E-state index contributed by atoms with van der Waals surface area (Å²) in [4.78, 5) is 18.5. The van der Waals surface area contributed by atoms with Crippen LogP contribution in [0.1, 0.15) is 11.3 Å². The number of benzene rings is 1. The molecule has 7 nitrogen and oxygen atoms in total. The normalized spacial score (nSPS) is 10.9. The second-order valence-electron chi connectivity index (χ2n) is 5.12. The number of rotatable bonds is 5. The molecule has 7 heteroatoms. The summed E-state index contributed by atoms with van der Waals surface area (Å²) < 4.78 is 1.58. The Morgan fingerprint density at radius 3 is 2.79 bits per heavy atom. The molecule has 120 valence electrons. The molecule has 0 aliphatic carbocycles. The van der Waals surface area contributed by atoms with Gasteiger partial charge in [-0.15, -0.1) is 0 Å². The molecule has 0 radical (unpaired) electrons. The number of nitro groups is 1. The summed E-state index contributed by atoms with van der Waals surface area (Å²) in [7, 11) is 1.70. The first kappa shape index (κ1) is 15.4. The summed E-state index contributed by atoms with van der Waals surface area (Å²) in [6, 6.07) is 13.3. The summed E-state index contributed by atoms with van der Waals surface area (Å²) in [6.45, 7) is 0. The Hall–Kier alpha value is -3.48. The van der Waals surface area contributed by atoms with Crippen molar-refractivity contribution in [1.29, 1.82) is 0 Å². The van der Waals surface area contributed by atoms with Crippen LogP contribution in [0.25, 0.3) is 12.2 Å². The molecule has 2 aromatic heterocycles. The molecule has 0 aliphatic rings. The topological polar surface area (TPSA) is 85.9 Å². The number of hydrogen-bond acceptors (Lipinski definition) is 5. The average Bonchev–Trinajstić information content (AvgIpc) is 2.95. The van der Waals surface area contributed by atoms with Gasteiger partial charge < -0.3 is 15.4 Å². The average molecular weight is 321 g/mol. The van der Waals surface area contributed by atoms with E-state index in [9.17, 15) is 10.1 Å². The van der Waals surface area contributed by atoms with Crippen molar-refractivity contribution in [3.8, 4) is 0 Å². The Morgan fingerprint density at radius 1 is 1.17 bits per heavy atom. The highest BCUT2D eigenvalue weighted by Crippen LogP contribution is 2.26. The van der Waals surface area contributed by atoms with Gasteiger partial charge in [0.1, 0.15) is 0 Å². The van der Waals surface area contributed by atoms with Gasteiger partial charge in [0.2, 0.25) is 12.1 Å². The highest BCUT2D eigenvalue weighted by atomic mass is 16.6. The fourth-order valence-electron chi connectivity index (χ4n) is 2.21. The van der Waals surface area contributed by atoms with Crippen LogP contribution < -0.4 is 5.32 Å². The van der Waals surface area contributed by atoms with Crippen molar-refractivity contribution in [2.24, 2.45) is 7.05 Å². The second kappa shape index (κ2) is 6.74. The number of nitrogens with one attached hydrogen (secondary N) is 1. The zero-order valence-corrected chi connectivity index (χ0v) is 13.0. The van der Waals surface area contributed by atoms with Gasteiger partial charge in [0.15, 0.2) is 0 Å². The first-order valence-corrected chi connectivity index (χ1v) is 7.25. The Kier molecular flexibility index (Phi) is 4.33. The van der Waals surface area contributed by atoms with E-state index in [2.05, 4.69) is 15.3 Å². The predicted molar refractivity (Wildman–Crippen MR) is 92.8 cm³/mol. The molecule has 0 atom stereocenters. The third-order valence-corrected chi connectivity index (χ3v) is 3.37. The number of hydrogen-bond donors (Lipinski definition) is 1. The van der Waals surface area contributed by atoms with Crippen molar-refractivity contribution in [2.45, 2.75) is 0 Å². The van der Waals surface area contributed by atoms with Crippen LogP contribution in [0.4, 0.5) is 17.3 Å². The maximum absolute atomic E-state index is 11.0. The first-order valence-electron chi connectivity index (χ1n) is 7.25. The van der Waals surface area contributed by atoms with Gasteiger partial charge in [0.25, 0.3) is 0 Å². The Labute approximate surface area is 138 Å². The van der Waals surface area contributed by atoms with Crippen molar-refractivity contribution in [3.05, 3.63) is 76.4 Å². The highest BCUT2D eigenvalue weighted by Gasteiger charge is 2.19. The zero-order valence-electron chi connectivity index (χ0n) is 13.0. The zero-order chi connectivity index (χ0) is 16.9. The molecule has 0 amide bonds. The Balaban J connectivity index is 1.83. The lowest BCUT2D eigenvalue weighted by Crippen LogP contribution is -2.00. The molecule has 3 rings (SSSR count). The molecular weight excluding hydrogens is 306 g/mol. The molecular formula is C17H15N5O2. The number of imidazole rings is 1. The molecule has 24 heavy (non-hydrogen) atoms. The Bertz CT molecular complexity index is 887. The number of pyridine rings is 1. The highest BCUT2D eigenvalue weighted by molar-refractivity contribution is 5.72. The summed E-state index contributed by atoms with van der Waals surface area (Å²) in [5.74, 6) is 0.137. The van der Waals surface area contributed by atoms with Gasteiger partial charge in [-0.05, 0) is 45.8 Å². The van der Waals surface area contributed by atoms with Crippen LogP contribution in [0.2, 0.25) is 0 Å². The molecule has 0 aliphatic heterocycles. The van der Waals surface area contributed by atoms with Crippen molar-refractivity contribution >= 4 is 29.5 Å². The minimum absolute atomic E-state index is 0.202. The minimum atomic E-state index is -0.507. The van der Waals surface area contributed by atoms with Crippen molar-refractivity contribution < 1.29 is 4.92 Å². The van der Waals surface area contributed by atoms with Crippen LogP contribution in [0, 0.1) is 10.1 Å². The van der Waals surface area contributed by atoms with E-state index in [0.29, 0.717) is 5.82 Å². The standard InChI is InChI=1S/C17H15N5O2/c1-21-12-19-16(22(23)24)17(21)20-15-7-4-5-13(11-15)8-9-14-6-2-3-10-18-14/h2-12,20H,1H3/b9-8+. The lowest BCUT2D eigenvalue weighted by molar-refractivity contribution is -0.388. The molecule has 0 saturated heterocycles. The van der Waals surface area contributed by atoms with Gasteiger partial charge in [-0.25, -0.2) is 0 Å². The van der Waals surface area contributed by atoms with Crippen molar-refractivity contribution in [1.82, 2.24) is 14.5 Å². The van der Waals surface area contributed by atoms with E-state index in [4.69, 9.17) is 0 Å². The van der Waals surface area contributed by atoms with Crippen molar-refractivity contribution in [3.63, 3.8) is 0 Å². The third-order valence-electron chi connectivity index (χ3n) is 3.37. The fourth-order valence-corrected chi connectivity index (χ4v) is 2.21. The van der Waals surface area contributed by atoms with Crippen LogP contribution in [0.3, 0.4) is 0 Å². The van der Waals surface area contributed by atoms with Crippen LogP contribution in [-0.4, -0.2) is 19.5 Å². The molecule has 2 heterocycles. The van der Waals surface area contributed by atoms with E-state index in [1.807, 2.05) is 54.6 Å². The quantitative estimate of drug-likeness (QED) is 0.573. The molecule has 0 fully saturated rings. The second-order valence-corrected chi connectivity index (χ2v) is 5.12. The lowest BCUT2D eigenvalue weighted by Gasteiger charge is -2.07. The summed E-state index contributed by atoms with van der Waals surface area (Å²) in [6.07, 6.45) is 6.99. The van der Waals surface area contributed by atoms with E-state index in [1.54, 1.807) is 17.8 Å². The summed E-state index contributed by atoms with van der Waals surface area (Å²) in [5, 5.41) is 14.1. The number of anilines is 2. The van der Waals surface area contributed by atoms with Crippen LogP contribution in [-0.2, 0) is 7.05 Å². The molecule has 0 saturated carbocycles. The molecule has 0 bridgehead atoms. The van der Waals surface area contributed by atoms with E-state index in [-0.39, 0.29) is 5.82 Å². The first-order chi connectivity index (χ1) is 11.6. The van der Waals surface area contributed by atoms with Gasteiger partial charge in [-0.2, -0.15) is 0 Å². The van der Waals surface area contributed by atoms with E-state index in [0.717, 1.165) is 16.9 Å². The molecule has 1 aromatic carbocycles. The van der Waals surface area contributed by atoms with Gasteiger partial charge in [-0.1, -0.05) is 24.3 Å². The van der Waals surface area contributed by atoms with Crippen LogP contribution >= 0.6 is 0 Å². The number of nitrogens with zero attached hydrogens (tertiary/aromatic N) is 4. The summed E-state index contributed by atoms with van der Waals surface area (Å²) >= 11 is 0. The fraction of sp³-hybridized carbons (Fsp3) is 0.0588. The van der Waals surface area contributed by atoms with Gasteiger partial charge >= 0.3 is 5.82 Å². The summed E-state index contributed by atoms with van der Waals surface area (Å²) in [5.41, 5.74) is 2.55. The van der Waals surface area contributed by atoms with E-state index >= 15 is 0 Å². The van der Waals surface area contributed by atoms with Crippen LogP contribution in [0.15, 0.2) is 55.0 Å². The smallest absolute Gasteiger partial charge is 0.358 e. The van der Waals surface area contributed by atoms with Crippen LogP contribution in [0.5, 0.6) is 0 Å². The molecule has 3 aromatic rings. The Morgan fingerprint density at radius 2 is 2.04 bits per heavy atom. The number of aryl methyl sites for hydroxylation is 1. The molecule has 0 unspecified atom stereocenters. The lowest BCUT2D eigenvalue weighted by atomic mass is 10.1. The SMILES string of the molecule is Cn1cnc([N+](=O)[O-])c1Nc1cccc(/C=C/c2ccccn2)c1. The molecule has 1 N–H and O–H groups in total. The van der Waals surface area contributed by atoms with Gasteiger partial charge in [0, 0.05) is 18.9 Å². The third kappa shape index (κ3) is 3.46. The maximum atomic E-state index is 11.0. The number of aromatic nitrogens is 3. The maximum Gasteiger partial charge on any atom is 0.406 e. The van der Waals surface area contributed by atoms with E-state index < -0.39 is 4.92 Å². The van der Waals surface area contributed by atoms with Crippen molar-refractivity contribution in [2.75, 3.05) is 5.32 Å².